The van der Waals surface area contributed by atoms with E-state index in [1.165, 1.54) is 36.4 Å². The second-order valence-corrected chi connectivity index (χ2v) is 7.79. The second-order valence-electron chi connectivity index (χ2n) is 6.94. The first-order valence-corrected chi connectivity index (χ1v) is 10.4. The molecule has 0 saturated carbocycles. The molecule has 2 aromatic carbocycles. The van der Waals surface area contributed by atoms with E-state index in [4.69, 9.17) is 27.9 Å². The van der Waals surface area contributed by atoms with E-state index in [1.807, 2.05) is 0 Å². The zero-order valence-electron chi connectivity index (χ0n) is 17.0. The molecule has 2 aromatic rings. The van der Waals surface area contributed by atoms with Gasteiger partial charge in [0.2, 0.25) is 5.91 Å². The molecule has 172 valence electrons. The summed E-state index contributed by atoms with van der Waals surface area (Å²) in [5.41, 5.74) is 7.12. The van der Waals surface area contributed by atoms with Gasteiger partial charge in [-0.1, -0.05) is 35.3 Å². The van der Waals surface area contributed by atoms with Crippen LogP contribution in [0.1, 0.15) is 27.1 Å². The number of hydrazine groups is 2. The van der Waals surface area contributed by atoms with Crippen molar-refractivity contribution in [1.82, 2.24) is 21.3 Å². The SMILES string of the molecule is O=C(COC(=O)[C@@H]1CC(=O)N(NC(=O)c2ccc(Cl)cc2)C1)NNC(=O)c1ccccc1Cl. The molecule has 1 fully saturated rings. The van der Waals surface area contributed by atoms with Crippen LogP contribution in [0.4, 0.5) is 0 Å². The van der Waals surface area contributed by atoms with Crippen molar-refractivity contribution in [2.24, 2.45) is 5.92 Å². The number of hydrogen-bond acceptors (Lipinski definition) is 6. The molecule has 3 rings (SSSR count). The number of ether oxygens (including phenoxy) is 1. The average molecular weight is 493 g/mol. The van der Waals surface area contributed by atoms with Crippen LogP contribution >= 0.6 is 23.2 Å². The highest BCUT2D eigenvalue weighted by Gasteiger charge is 2.36. The maximum absolute atomic E-state index is 12.2. The molecule has 3 N–H and O–H groups in total. The third-order valence-corrected chi connectivity index (χ3v) is 5.16. The molecule has 0 radical (unpaired) electrons. The number of esters is 1. The van der Waals surface area contributed by atoms with Crippen molar-refractivity contribution >= 4 is 52.8 Å². The maximum atomic E-state index is 12.2. The Morgan fingerprint density at radius 1 is 0.970 bits per heavy atom. The molecule has 1 aliphatic heterocycles. The molecule has 0 aliphatic carbocycles. The van der Waals surface area contributed by atoms with Gasteiger partial charge in [-0.15, -0.1) is 0 Å². The molecule has 33 heavy (non-hydrogen) atoms. The predicted molar refractivity (Wildman–Crippen MR) is 117 cm³/mol. The summed E-state index contributed by atoms with van der Waals surface area (Å²) < 4.78 is 4.91. The van der Waals surface area contributed by atoms with Crippen molar-refractivity contribution in [2.45, 2.75) is 6.42 Å². The van der Waals surface area contributed by atoms with Crippen LogP contribution in [0, 0.1) is 5.92 Å². The monoisotopic (exact) mass is 492 g/mol. The predicted octanol–water partition coefficient (Wildman–Crippen LogP) is 1.49. The van der Waals surface area contributed by atoms with Gasteiger partial charge in [0.15, 0.2) is 6.61 Å². The summed E-state index contributed by atoms with van der Waals surface area (Å²) in [5.74, 6) is -4.11. The number of rotatable bonds is 6. The van der Waals surface area contributed by atoms with Gasteiger partial charge >= 0.3 is 5.97 Å². The van der Waals surface area contributed by atoms with Gasteiger partial charge in [-0.3, -0.25) is 45.3 Å². The quantitative estimate of drug-likeness (QED) is 0.413. The van der Waals surface area contributed by atoms with E-state index in [-0.39, 0.29) is 29.1 Å². The van der Waals surface area contributed by atoms with Crippen molar-refractivity contribution in [3.05, 3.63) is 69.7 Å². The maximum Gasteiger partial charge on any atom is 0.311 e. The van der Waals surface area contributed by atoms with Crippen LogP contribution < -0.4 is 16.3 Å². The Kier molecular flexibility index (Phi) is 7.86. The lowest BCUT2D eigenvalue weighted by Crippen LogP contribution is -2.44. The summed E-state index contributed by atoms with van der Waals surface area (Å²) >= 11 is 11.7. The van der Waals surface area contributed by atoms with Crippen LogP contribution in [0.2, 0.25) is 10.0 Å². The first kappa shape index (κ1) is 24.0. The Morgan fingerprint density at radius 3 is 2.36 bits per heavy atom. The highest BCUT2D eigenvalue weighted by molar-refractivity contribution is 6.33. The van der Waals surface area contributed by atoms with Crippen molar-refractivity contribution in [2.75, 3.05) is 13.2 Å². The number of benzene rings is 2. The molecular formula is C21H18Cl2N4O6. The molecule has 1 aliphatic rings. The van der Waals surface area contributed by atoms with Crippen molar-refractivity contribution in [1.29, 1.82) is 0 Å². The fraction of sp³-hybridized carbons (Fsp3) is 0.190. The second kappa shape index (κ2) is 10.8. The van der Waals surface area contributed by atoms with Gasteiger partial charge in [-0.25, -0.2) is 0 Å². The fourth-order valence-electron chi connectivity index (χ4n) is 2.89. The highest BCUT2D eigenvalue weighted by Crippen LogP contribution is 2.18. The summed E-state index contributed by atoms with van der Waals surface area (Å²) in [5, 5.41) is 1.68. The van der Waals surface area contributed by atoms with E-state index in [0.717, 1.165) is 5.01 Å². The standard InChI is InChI=1S/C21H18Cl2N4O6/c22-14-7-5-12(6-8-14)19(30)26-27-10-13(9-18(27)29)21(32)33-11-17(28)24-25-20(31)15-3-1-2-4-16(15)23/h1-8,13H,9-11H2,(H,24,28)(H,25,31)(H,26,30)/t13-/m1/s1. The number of carbonyl (C=O) groups is 5. The molecule has 1 heterocycles. The number of hydrogen-bond donors (Lipinski definition) is 3. The minimum atomic E-state index is -0.867. The summed E-state index contributed by atoms with van der Waals surface area (Å²) in [6.45, 7) is -0.786. The average Bonchev–Trinajstić information content (AvgIpc) is 3.16. The zero-order chi connectivity index (χ0) is 24.0. The molecule has 0 bridgehead atoms. The first-order valence-electron chi connectivity index (χ1n) is 9.62. The molecule has 0 spiro atoms. The van der Waals surface area contributed by atoms with Crippen LogP contribution in [0.15, 0.2) is 48.5 Å². The van der Waals surface area contributed by atoms with E-state index in [0.29, 0.717) is 5.02 Å². The van der Waals surface area contributed by atoms with E-state index in [2.05, 4.69) is 16.3 Å². The summed E-state index contributed by atoms with van der Waals surface area (Å²) in [6.07, 6.45) is -0.190. The van der Waals surface area contributed by atoms with Crippen LogP contribution in [0.25, 0.3) is 0 Å². The van der Waals surface area contributed by atoms with Crippen LogP contribution in [0.5, 0.6) is 0 Å². The van der Waals surface area contributed by atoms with Crippen molar-refractivity contribution in [3.8, 4) is 0 Å². The van der Waals surface area contributed by atoms with Gasteiger partial charge in [0.05, 0.1) is 23.0 Å². The van der Waals surface area contributed by atoms with Crippen molar-refractivity contribution in [3.63, 3.8) is 0 Å². The smallest absolute Gasteiger partial charge is 0.311 e. The Morgan fingerprint density at radius 2 is 1.67 bits per heavy atom. The normalized spacial score (nSPS) is 15.0. The van der Waals surface area contributed by atoms with Gasteiger partial charge in [-0.05, 0) is 36.4 Å². The van der Waals surface area contributed by atoms with E-state index >= 15 is 0 Å². The topological polar surface area (TPSA) is 134 Å². The third kappa shape index (κ3) is 6.43. The lowest BCUT2D eigenvalue weighted by Gasteiger charge is -2.17. The number of halogens is 2. The van der Waals surface area contributed by atoms with E-state index in [1.54, 1.807) is 12.1 Å². The lowest BCUT2D eigenvalue weighted by atomic mass is 10.1. The number of nitrogens with one attached hydrogen (secondary N) is 3. The first-order chi connectivity index (χ1) is 15.7. The zero-order valence-corrected chi connectivity index (χ0v) is 18.5. The Labute approximate surface area is 198 Å². The number of amides is 4. The van der Waals surface area contributed by atoms with Gasteiger partial charge in [0.25, 0.3) is 17.7 Å². The van der Waals surface area contributed by atoms with Gasteiger partial charge < -0.3 is 4.74 Å². The number of nitrogens with zero attached hydrogens (tertiary/aromatic N) is 1. The van der Waals surface area contributed by atoms with E-state index < -0.39 is 42.1 Å². The van der Waals surface area contributed by atoms with Crippen LogP contribution in [-0.2, 0) is 19.1 Å². The largest absolute Gasteiger partial charge is 0.455 e. The number of carbonyl (C=O) groups excluding carboxylic acids is 5. The van der Waals surface area contributed by atoms with Crippen LogP contribution in [0.3, 0.4) is 0 Å². The Hall–Kier alpha value is -3.63. The Bertz CT molecular complexity index is 1090. The Balaban J connectivity index is 1.43. The fourth-order valence-corrected chi connectivity index (χ4v) is 3.24. The van der Waals surface area contributed by atoms with Gasteiger partial charge in [0.1, 0.15) is 0 Å². The van der Waals surface area contributed by atoms with Crippen LogP contribution in [-0.4, -0.2) is 47.8 Å². The minimum absolute atomic E-state index is 0.109. The molecule has 1 atom stereocenters. The summed E-state index contributed by atoms with van der Waals surface area (Å²) in [6, 6.07) is 12.3. The van der Waals surface area contributed by atoms with Gasteiger partial charge in [0, 0.05) is 17.0 Å². The summed E-state index contributed by atoms with van der Waals surface area (Å²) in [7, 11) is 0. The van der Waals surface area contributed by atoms with Gasteiger partial charge in [-0.2, -0.15) is 0 Å². The molecule has 12 heteroatoms. The van der Waals surface area contributed by atoms with Crippen molar-refractivity contribution < 1.29 is 28.7 Å². The molecule has 0 unspecified atom stereocenters. The molecular weight excluding hydrogens is 475 g/mol. The molecule has 10 nitrogen and oxygen atoms in total. The molecule has 1 saturated heterocycles. The van der Waals surface area contributed by atoms with E-state index in [9.17, 15) is 24.0 Å². The third-order valence-electron chi connectivity index (χ3n) is 4.58. The molecule has 0 aromatic heterocycles. The molecule has 4 amide bonds. The highest BCUT2D eigenvalue weighted by atomic mass is 35.5. The lowest BCUT2D eigenvalue weighted by molar-refractivity contribution is -0.152. The minimum Gasteiger partial charge on any atom is -0.455 e. The summed E-state index contributed by atoms with van der Waals surface area (Å²) in [4.78, 5) is 60.5.